The maximum Gasteiger partial charge on any atom is 0.282 e. The Morgan fingerprint density at radius 3 is 2.73 bits per heavy atom. The largest absolute Gasteiger partial charge is 0.483 e. The lowest BCUT2D eigenvalue weighted by atomic mass is 10.2. The Morgan fingerprint density at radius 1 is 1.07 bits per heavy atom. The van der Waals surface area contributed by atoms with Gasteiger partial charge >= 0.3 is 0 Å². The molecule has 44 heavy (non-hydrogen) atoms. The third-order valence-corrected chi connectivity index (χ3v) is 7.24. The molecule has 0 radical (unpaired) electrons. The van der Waals surface area contributed by atoms with Crippen LogP contribution in [0, 0.1) is 5.82 Å². The van der Waals surface area contributed by atoms with Crippen molar-refractivity contribution in [2.45, 2.75) is 0 Å². The minimum Gasteiger partial charge on any atom is -0.483 e. The van der Waals surface area contributed by atoms with Gasteiger partial charge in [0.1, 0.15) is 17.1 Å². The van der Waals surface area contributed by atoms with Gasteiger partial charge < -0.3 is 19.4 Å². The molecule has 0 atom stereocenters. The highest BCUT2D eigenvalue weighted by atomic mass is 79.9. The molecule has 0 aliphatic carbocycles. The SMILES string of the molecule is CN(C)c1ccc(C=Nn2c(-c3cc4cc(Br)ccc4o3)nc3ccccc3c2=O)c(OCC(=O)Nc2cccc(F)c2)c1. The normalized spacial score (nSPS) is 11.4. The number of rotatable bonds is 8. The molecule has 0 saturated heterocycles. The van der Waals surface area contributed by atoms with Gasteiger partial charge in [-0.2, -0.15) is 9.78 Å². The van der Waals surface area contributed by atoms with Gasteiger partial charge in [0, 0.05) is 47.0 Å². The number of halogens is 2. The average molecular weight is 654 g/mol. The van der Waals surface area contributed by atoms with Crippen LogP contribution in [0.4, 0.5) is 15.8 Å². The highest BCUT2D eigenvalue weighted by Gasteiger charge is 2.17. The van der Waals surface area contributed by atoms with Crippen LogP contribution in [0.15, 0.2) is 110 Å². The van der Waals surface area contributed by atoms with E-state index in [9.17, 15) is 14.0 Å². The van der Waals surface area contributed by atoms with Crippen molar-refractivity contribution >= 4 is 61.3 Å². The lowest BCUT2D eigenvalue weighted by molar-refractivity contribution is -0.118. The van der Waals surface area contributed by atoms with E-state index in [1.54, 1.807) is 42.5 Å². The second-order valence-electron chi connectivity index (χ2n) is 10.1. The summed E-state index contributed by atoms with van der Waals surface area (Å²) in [6.45, 7) is -0.342. The summed E-state index contributed by atoms with van der Waals surface area (Å²) in [7, 11) is 3.75. The molecule has 1 amide bonds. The number of para-hydroxylation sites is 1. The van der Waals surface area contributed by atoms with Crippen molar-refractivity contribution in [3.05, 3.63) is 117 Å². The van der Waals surface area contributed by atoms with Crippen LogP contribution < -0.4 is 20.5 Å². The van der Waals surface area contributed by atoms with E-state index in [0.717, 1.165) is 15.5 Å². The summed E-state index contributed by atoms with van der Waals surface area (Å²) in [6.07, 6.45) is 1.47. The van der Waals surface area contributed by atoms with Crippen molar-refractivity contribution in [3.63, 3.8) is 0 Å². The Bertz CT molecular complexity index is 2120. The smallest absolute Gasteiger partial charge is 0.282 e. The number of hydrogen-bond donors (Lipinski definition) is 1. The van der Waals surface area contributed by atoms with Crippen LogP contribution in [-0.2, 0) is 4.79 Å². The van der Waals surface area contributed by atoms with Crippen molar-refractivity contribution in [2.24, 2.45) is 5.10 Å². The Kier molecular flexibility index (Phi) is 7.95. The van der Waals surface area contributed by atoms with E-state index >= 15 is 0 Å². The Labute approximate surface area is 259 Å². The molecule has 9 nitrogen and oxygen atoms in total. The zero-order valence-electron chi connectivity index (χ0n) is 23.6. The Balaban J connectivity index is 1.38. The molecule has 0 fully saturated rings. The van der Waals surface area contributed by atoms with Crippen molar-refractivity contribution in [1.82, 2.24) is 9.66 Å². The van der Waals surface area contributed by atoms with Crippen molar-refractivity contribution in [2.75, 3.05) is 30.9 Å². The third-order valence-electron chi connectivity index (χ3n) is 6.75. The first-order valence-electron chi connectivity index (χ1n) is 13.5. The second-order valence-corrected chi connectivity index (χ2v) is 11.0. The number of aromatic nitrogens is 2. The molecule has 6 rings (SSSR count). The summed E-state index contributed by atoms with van der Waals surface area (Å²) >= 11 is 3.48. The first-order valence-corrected chi connectivity index (χ1v) is 14.3. The first kappa shape index (κ1) is 28.8. The number of fused-ring (bicyclic) bond motifs is 2. The summed E-state index contributed by atoms with van der Waals surface area (Å²) in [6, 6.07) is 25.4. The second kappa shape index (κ2) is 12.1. The van der Waals surface area contributed by atoms with Crippen LogP contribution in [0.3, 0.4) is 0 Å². The number of carbonyl (C=O) groups excluding carboxylic acids is 1. The van der Waals surface area contributed by atoms with E-state index in [-0.39, 0.29) is 18.0 Å². The Hall–Kier alpha value is -5.29. The number of furan rings is 1. The summed E-state index contributed by atoms with van der Waals surface area (Å²) in [5.74, 6) is 0.00802. The molecular weight excluding hydrogens is 629 g/mol. The van der Waals surface area contributed by atoms with Crippen LogP contribution in [-0.4, -0.2) is 42.5 Å². The van der Waals surface area contributed by atoms with Crippen LogP contribution in [0.5, 0.6) is 5.75 Å². The van der Waals surface area contributed by atoms with Gasteiger partial charge in [0.2, 0.25) is 5.82 Å². The first-order chi connectivity index (χ1) is 21.2. The van der Waals surface area contributed by atoms with E-state index in [1.165, 1.54) is 29.1 Å². The quantitative estimate of drug-likeness (QED) is 0.184. The molecule has 0 aliphatic rings. The van der Waals surface area contributed by atoms with Crippen LogP contribution >= 0.6 is 15.9 Å². The molecule has 2 heterocycles. The lowest BCUT2D eigenvalue weighted by Crippen LogP contribution is -2.21. The molecule has 11 heteroatoms. The van der Waals surface area contributed by atoms with Crippen LogP contribution in [0.2, 0.25) is 0 Å². The predicted molar refractivity (Wildman–Crippen MR) is 173 cm³/mol. The molecule has 0 saturated carbocycles. The minimum atomic E-state index is -0.470. The fourth-order valence-corrected chi connectivity index (χ4v) is 4.95. The molecule has 0 spiro atoms. The van der Waals surface area contributed by atoms with E-state index in [0.29, 0.717) is 39.2 Å². The summed E-state index contributed by atoms with van der Waals surface area (Å²) in [4.78, 5) is 32.9. The van der Waals surface area contributed by atoms with Gasteiger partial charge in [-0.15, -0.1) is 0 Å². The van der Waals surface area contributed by atoms with Gasteiger partial charge in [-0.25, -0.2) is 9.37 Å². The third kappa shape index (κ3) is 6.09. The number of carbonyl (C=O) groups is 1. The van der Waals surface area contributed by atoms with Gasteiger partial charge in [0.05, 0.1) is 17.1 Å². The molecule has 6 aromatic rings. The maximum atomic E-state index is 13.7. The number of nitrogens with one attached hydrogen (secondary N) is 1. The number of anilines is 2. The van der Waals surface area contributed by atoms with Gasteiger partial charge in [-0.1, -0.05) is 34.1 Å². The number of benzene rings is 4. The van der Waals surface area contributed by atoms with Crippen molar-refractivity contribution in [3.8, 4) is 17.3 Å². The molecule has 1 N–H and O–H groups in total. The monoisotopic (exact) mass is 653 g/mol. The van der Waals surface area contributed by atoms with Crippen molar-refractivity contribution < 1.29 is 18.3 Å². The summed E-state index contributed by atoms with van der Waals surface area (Å²) < 4.78 is 27.6. The van der Waals surface area contributed by atoms with Crippen LogP contribution in [0.25, 0.3) is 33.5 Å². The fourth-order valence-electron chi connectivity index (χ4n) is 4.57. The maximum absolute atomic E-state index is 13.7. The van der Waals surface area contributed by atoms with E-state index < -0.39 is 11.7 Å². The molecular formula is C33H25BrFN5O4. The molecule has 0 aliphatic heterocycles. The number of amides is 1. The Morgan fingerprint density at radius 2 is 1.91 bits per heavy atom. The predicted octanol–water partition coefficient (Wildman–Crippen LogP) is 6.68. The van der Waals surface area contributed by atoms with Gasteiger partial charge in [0.25, 0.3) is 11.5 Å². The topological polar surface area (TPSA) is 102 Å². The highest BCUT2D eigenvalue weighted by molar-refractivity contribution is 9.10. The molecule has 220 valence electrons. The molecule has 0 bridgehead atoms. The summed E-state index contributed by atoms with van der Waals surface area (Å²) in [5, 5.41) is 8.38. The van der Waals surface area contributed by atoms with Crippen LogP contribution in [0.1, 0.15) is 5.56 Å². The van der Waals surface area contributed by atoms with Gasteiger partial charge in [-0.05, 0) is 66.7 Å². The van der Waals surface area contributed by atoms with E-state index in [4.69, 9.17) is 14.1 Å². The zero-order valence-corrected chi connectivity index (χ0v) is 25.2. The van der Waals surface area contributed by atoms with Crippen molar-refractivity contribution in [1.29, 1.82) is 0 Å². The summed E-state index contributed by atoms with van der Waals surface area (Å²) in [5.41, 5.74) is 2.40. The number of nitrogens with zero attached hydrogens (tertiary/aromatic N) is 4. The molecule has 0 unspecified atom stereocenters. The van der Waals surface area contributed by atoms with E-state index in [2.05, 4.69) is 26.3 Å². The molecule has 2 aromatic heterocycles. The minimum absolute atomic E-state index is 0.221. The fraction of sp³-hybridized carbons (Fsp3) is 0.0909. The molecule has 4 aromatic carbocycles. The van der Waals surface area contributed by atoms with Gasteiger partial charge in [0.15, 0.2) is 12.4 Å². The number of hydrogen-bond acceptors (Lipinski definition) is 7. The standard InChI is InChI=1S/C33H25BrFN5O4/c1-39(2)25-12-10-20(29(17-25)43-19-31(41)37-24-7-5-6-23(35)16-24)18-36-40-32(38-27-9-4-3-8-26(27)33(40)42)30-15-21-14-22(34)11-13-28(21)44-30/h3-18H,19H2,1-2H3,(H,37,41). The van der Waals surface area contributed by atoms with Gasteiger partial charge in [-0.3, -0.25) is 9.59 Å². The lowest BCUT2D eigenvalue weighted by Gasteiger charge is -2.16. The zero-order chi connectivity index (χ0) is 30.8. The average Bonchev–Trinajstić information content (AvgIpc) is 3.43. The van der Waals surface area contributed by atoms with E-state index in [1.807, 2.05) is 49.3 Å². The number of ether oxygens (including phenoxy) is 1. The highest BCUT2D eigenvalue weighted by Crippen LogP contribution is 2.30.